The second kappa shape index (κ2) is 6.01. The van der Waals surface area contributed by atoms with Crippen LogP contribution in [0.15, 0.2) is 23.1 Å². The van der Waals surface area contributed by atoms with Gasteiger partial charge in [0.25, 0.3) is 0 Å². The van der Waals surface area contributed by atoms with E-state index >= 15 is 0 Å². The summed E-state index contributed by atoms with van der Waals surface area (Å²) in [4.78, 5) is 20.9. The molecule has 0 radical (unpaired) electrons. The van der Waals surface area contributed by atoms with Crippen LogP contribution in [0.4, 0.5) is 4.39 Å². The molecular weight excluding hydrogens is 317 g/mol. The molecule has 0 saturated heterocycles. The molecule has 1 saturated carbocycles. The number of nitrogens with zero attached hydrogens (tertiary/aromatic N) is 1. The normalized spacial score (nSPS) is 15.0. The Labute approximate surface area is 126 Å². The number of aromatic carboxylic acids is 1. The molecule has 1 aliphatic rings. The van der Waals surface area contributed by atoms with Crippen LogP contribution in [0.2, 0.25) is 0 Å². The van der Waals surface area contributed by atoms with Crippen LogP contribution in [-0.4, -0.2) is 48.0 Å². The fourth-order valence-corrected chi connectivity index (χ4v) is 3.52. The molecule has 0 aliphatic heterocycles. The zero-order chi connectivity index (χ0) is 16.5. The van der Waals surface area contributed by atoms with Crippen LogP contribution in [0.5, 0.6) is 0 Å². The van der Waals surface area contributed by atoms with Gasteiger partial charge < -0.3 is 10.2 Å². The van der Waals surface area contributed by atoms with E-state index in [1.165, 1.54) is 0 Å². The number of hydrogen-bond acceptors (Lipinski definition) is 4. The molecule has 22 heavy (non-hydrogen) atoms. The molecule has 0 unspecified atom stereocenters. The highest BCUT2D eigenvalue weighted by Gasteiger charge is 2.34. The van der Waals surface area contributed by atoms with Crippen LogP contribution in [0.1, 0.15) is 23.2 Å². The van der Waals surface area contributed by atoms with Crippen LogP contribution in [0.25, 0.3) is 0 Å². The molecule has 0 amide bonds. The highest BCUT2D eigenvalue weighted by molar-refractivity contribution is 7.89. The van der Waals surface area contributed by atoms with E-state index in [0.717, 1.165) is 25.0 Å². The first-order valence-corrected chi connectivity index (χ1v) is 7.90. The Balaban J connectivity index is 2.43. The Morgan fingerprint density at radius 3 is 2.41 bits per heavy atom. The molecule has 0 aromatic heterocycles. The van der Waals surface area contributed by atoms with Crippen molar-refractivity contribution in [1.29, 1.82) is 0 Å². The summed E-state index contributed by atoms with van der Waals surface area (Å²) in [6, 6.07) is 2.39. The van der Waals surface area contributed by atoms with Crippen LogP contribution in [-0.2, 0) is 14.8 Å². The molecule has 7 nitrogen and oxygen atoms in total. The summed E-state index contributed by atoms with van der Waals surface area (Å²) in [7, 11) is -4.42. The van der Waals surface area contributed by atoms with Gasteiger partial charge in [-0.1, -0.05) is 0 Å². The molecule has 1 aliphatic carbocycles. The first-order chi connectivity index (χ1) is 10.2. The Kier molecular flexibility index (Phi) is 4.47. The molecule has 0 atom stereocenters. The predicted octanol–water partition coefficient (Wildman–Crippen LogP) is 1.01. The van der Waals surface area contributed by atoms with Gasteiger partial charge in [-0.2, -0.15) is 4.31 Å². The lowest BCUT2D eigenvalue weighted by atomic mass is 10.2. The Morgan fingerprint density at radius 1 is 1.27 bits per heavy atom. The lowest BCUT2D eigenvalue weighted by Crippen LogP contribution is -2.37. The average molecular weight is 331 g/mol. The average Bonchev–Trinajstić information content (AvgIpc) is 3.21. The van der Waals surface area contributed by atoms with Crippen molar-refractivity contribution in [3.63, 3.8) is 0 Å². The highest BCUT2D eigenvalue weighted by atomic mass is 32.2. The van der Waals surface area contributed by atoms with Crippen molar-refractivity contribution in [2.24, 2.45) is 5.92 Å². The maximum atomic E-state index is 13.8. The third kappa shape index (κ3) is 3.60. The lowest BCUT2D eigenvalue weighted by molar-refractivity contribution is -0.137. The SMILES string of the molecule is O=C(O)CN(CC1CC1)S(=O)(=O)c1cc(C(=O)O)ccc1F. The van der Waals surface area contributed by atoms with Gasteiger partial charge in [0.15, 0.2) is 0 Å². The molecule has 0 bridgehead atoms. The smallest absolute Gasteiger partial charge is 0.335 e. The van der Waals surface area contributed by atoms with Crippen molar-refractivity contribution in [3.8, 4) is 0 Å². The summed E-state index contributed by atoms with van der Waals surface area (Å²) in [5, 5.41) is 17.7. The van der Waals surface area contributed by atoms with E-state index in [-0.39, 0.29) is 18.0 Å². The van der Waals surface area contributed by atoms with Gasteiger partial charge in [-0.15, -0.1) is 0 Å². The van der Waals surface area contributed by atoms with Crippen molar-refractivity contribution < 1.29 is 32.6 Å². The highest BCUT2D eigenvalue weighted by Crippen LogP contribution is 2.32. The van der Waals surface area contributed by atoms with Gasteiger partial charge >= 0.3 is 11.9 Å². The number of carboxylic acid groups (broad SMARTS) is 2. The van der Waals surface area contributed by atoms with Gasteiger partial charge in [0.05, 0.1) is 5.56 Å². The maximum absolute atomic E-state index is 13.8. The van der Waals surface area contributed by atoms with E-state index in [1.54, 1.807) is 0 Å². The maximum Gasteiger partial charge on any atom is 0.335 e. The summed E-state index contributed by atoms with van der Waals surface area (Å²) < 4.78 is 39.4. The van der Waals surface area contributed by atoms with Crippen molar-refractivity contribution in [1.82, 2.24) is 4.31 Å². The van der Waals surface area contributed by atoms with Crippen molar-refractivity contribution in [2.75, 3.05) is 13.1 Å². The molecule has 120 valence electrons. The number of carbonyl (C=O) groups is 2. The zero-order valence-corrected chi connectivity index (χ0v) is 12.2. The van der Waals surface area contributed by atoms with Crippen molar-refractivity contribution >= 4 is 22.0 Å². The molecule has 1 fully saturated rings. The number of hydrogen-bond donors (Lipinski definition) is 2. The van der Waals surface area contributed by atoms with Crippen molar-refractivity contribution in [3.05, 3.63) is 29.6 Å². The van der Waals surface area contributed by atoms with E-state index in [2.05, 4.69) is 0 Å². The summed E-state index contributed by atoms with van der Waals surface area (Å²) in [6.45, 7) is -0.819. The molecule has 2 N–H and O–H groups in total. The quantitative estimate of drug-likeness (QED) is 0.771. The summed E-state index contributed by atoms with van der Waals surface area (Å²) in [5.41, 5.74) is -0.387. The second-order valence-corrected chi connectivity index (χ2v) is 6.99. The van der Waals surface area contributed by atoms with E-state index in [9.17, 15) is 22.4 Å². The largest absolute Gasteiger partial charge is 0.480 e. The molecule has 9 heteroatoms. The van der Waals surface area contributed by atoms with Gasteiger partial charge in [0.1, 0.15) is 17.3 Å². The van der Waals surface area contributed by atoms with E-state index < -0.39 is 39.2 Å². The van der Waals surface area contributed by atoms with Crippen LogP contribution in [0, 0.1) is 11.7 Å². The number of carboxylic acids is 2. The number of rotatable bonds is 7. The minimum atomic E-state index is -4.42. The fourth-order valence-electron chi connectivity index (χ4n) is 1.96. The molecule has 1 aromatic rings. The number of sulfonamides is 1. The first kappa shape index (κ1) is 16.4. The van der Waals surface area contributed by atoms with Crippen molar-refractivity contribution in [2.45, 2.75) is 17.7 Å². The van der Waals surface area contributed by atoms with Gasteiger partial charge in [-0.05, 0) is 37.0 Å². The minimum Gasteiger partial charge on any atom is -0.480 e. The molecule has 1 aromatic carbocycles. The zero-order valence-electron chi connectivity index (χ0n) is 11.4. The summed E-state index contributed by atoms with van der Waals surface area (Å²) >= 11 is 0. The van der Waals surface area contributed by atoms with Gasteiger partial charge in [0, 0.05) is 6.54 Å². The van der Waals surface area contributed by atoms with Gasteiger partial charge in [-0.25, -0.2) is 17.6 Å². The fraction of sp³-hybridized carbons (Fsp3) is 0.385. The predicted molar refractivity (Wildman–Crippen MR) is 72.5 cm³/mol. The number of benzene rings is 1. The van der Waals surface area contributed by atoms with Crippen LogP contribution >= 0.6 is 0 Å². The minimum absolute atomic E-state index is 0.0224. The van der Waals surface area contributed by atoms with E-state index in [0.29, 0.717) is 10.4 Å². The first-order valence-electron chi connectivity index (χ1n) is 6.46. The summed E-state index contributed by atoms with van der Waals surface area (Å²) in [6.07, 6.45) is 1.56. The third-order valence-electron chi connectivity index (χ3n) is 3.27. The summed E-state index contributed by atoms with van der Waals surface area (Å²) in [5.74, 6) is -3.82. The monoisotopic (exact) mass is 331 g/mol. The van der Waals surface area contributed by atoms with E-state index in [1.807, 2.05) is 0 Å². The lowest BCUT2D eigenvalue weighted by Gasteiger charge is -2.20. The number of aliphatic carboxylic acids is 1. The topological polar surface area (TPSA) is 112 Å². The Hall–Kier alpha value is -2.00. The Bertz CT molecular complexity index is 713. The third-order valence-corrected chi connectivity index (χ3v) is 5.09. The molecular formula is C13H14FNO6S. The van der Waals surface area contributed by atoms with Crippen LogP contribution < -0.4 is 0 Å². The van der Waals surface area contributed by atoms with E-state index in [4.69, 9.17) is 10.2 Å². The van der Waals surface area contributed by atoms with Gasteiger partial charge in [-0.3, -0.25) is 4.79 Å². The Morgan fingerprint density at radius 2 is 1.91 bits per heavy atom. The standard InChI is InChI=1S/C13H14FNO6S/c14-10-4-3-9(13(18)19)5-11(10)22(20,21)15(7-12(16)17)6-8-1-2-8/h3-5,8H,1-2,6-7H2,(H,16,17)(H,18,19). The second-order valence-electron chi connectivity index (χ2n) is 5.09. The van der Waals surface area contributed by atoms with Gasteiger partial charge in [0.2, 0.25) is 10.0 Å². The van der Waals surface area contributed by atoms with Crippen LogP contribution in [0.3, 0.4) is 0 Å². The number of halogens is 1. The molecule has 0 spiro atoms. The molecule has 2 rings (SSSR count). The molecule has 0 heterocycles.